The number of benzene rings is 1. The van der Waals surface area contributed by atoms with E-state index in [0.29, 0.717) is 41.7 Å². The van der Waals surface area contributed by atoms with Crippen LogP contribution in [0.3, 0.4) is 0 Å². The summed E-state index contributed by atoms with van der Waals surface area (Å²) in [5, 5.41) is 0. The molecule has 1 saturated heterocycles. The Morgan fingerprint density at radius 3 is 2.65 bits per heavy atom. The molecular weight excluding hydrogens is 402 g/mol. The van der Waals surface area contributed by atoms with Gasteiger partial charge in [0.2, 0.25) is 5.82 Å². The van der Waals surface area contributed by atoms with Crippen LogP contribution >= 0.6 is 0 Å². The van der Waals surface area contributed by atoms with E-state index in [4.69, 9.17) is 14.3 Å². The molecule has 0 saturated carbocycles. The Balaban J connectivity index is 1.70. The molecule has 2 N–H and O–H groups in total. The Labute approximate surface area is 177 Å². The highest BCUT2D eigenvalue weighted by atomic mass is 16.7. The molecule has 4 rings (SSSR count). The van der Waals surface area contributed by atoms with Gasteiger partial charge in [-0.3, -0.25) is 9.59 Å². The average molecular weight is 423 g/mol. The van der Waals surface area contributed by atoms with Crippen LogP contribution in [-0.4, -0.2) is 45.2 Å². The number of rotatable bonds is 6. The molecule has 0 spiro atoms. The van der Waals surface area contributed by atoms with E-state index in [1.54, 1.807) is 19.1 Å². The van der Waals surface area contributed by atoms with Gasteiger partial charge in [0.1, 0.15) is 17.7 Å². The van der Waals surface area contributed by atoms with Crippen molar-refractivity contribution < 1.29 is 19.1 Å². The molecule has 1 atom stereocenters. The number of H-pyrrole nitrogens is 1. The maximum Gasteiger partial charge on any atom is 0.321 e. The SMILES string of the molecule is Cc1c(ONC(=O)c2ncccn2)cc(OC2CCOC2)c(C)c1-c1nccc(=O)[nH]1. The van der Waals surface area contributed by atoms with Gasteiger partial charge < -0.3 is 19.3 Å². The minimum Gasteiger partial charge on any atom is -0.487 e. The van der Waals surface area contributed by atoms with Crippen molar-refractivity contribution in [1.82, 2.24) is 25.4 Å². The van der Waals surface area contributed by atoms with Gasteiger partial charge in [0.25, 0.3) is 5.56 Å². The second kappa shape index (κ2) is 8.92. The van der Waals surface area contributed by atoms with Gasteiger partial charge in [0, 0.05) is 53.8 Å². The van der Waals surface area contributed by atoms with Crippen molar-refractivity contribution in [2.75, 3.05) is 13.2 Å². The van der Waals surface area contributed by atoms with Crippen molar-refractivity contribution in [2.24, 2.45) is 0 Å². The molecular formula is C21H21N5O5. The van der Waals surface area contributed by atoms with Crippen molar-refractivity contribution in [2.45, 2.75) is 26.4 Å². The van der Waals surface area contributed by atoms with E-state index in [9.17, 15) is 9.59 Å². The van der Waals surface area contributed by atoms with Crippen molar-refractivity contribution in [3.63, 3.8) is 0 Å². The zero-order chi connectivity index (χ0) is 21.8. The summed E-state index contributed by atoms with van der Waals surface area (Å²) in [5.74, 6) is 0.632. The lowest BCUT2D eigenvalue weighted by Gasteiger charge is -2.20. The Kier molecular flexibility index (Phi) is 5.89. The number of aromatic nitrogens is 4. The summed E-state index contributed by atoms with van der Waals surface area (Å²) in [6, 6.07) is 4.64. The van der Waals surface area contributed by atoms with E-state index in [0.717, 1.165) is 12.0 Å². The zero-order valence-corrected chi connectivity index (χ0v) is 17.0. The smallest absolute Gasteiger partial charge is 0.321 e. The summed E-state index contributed by atoms with van der Waals surface area (Å²) < 4.78 is 11.5. The number of carbonyl (C=O) groups is 1. The number of amides is 1. The Morgan fingerprint density at radius 2 is 1.94 bits per heavy atom. The second-order valence-electron chi connectivity index (χ2n) is 6.99. The summed E-state index contributed by atoms with van der Waals surface area (Å²) in [6.07, 6.45) is 5.02. The van der Waals surface area contributed by atoms with Gasteiger partial charge in [-0.05, 0) is 19.9 Å². The minimum absolute atomic E-state index is 0.0267. The molecule has 1 aromatic carbocycles. The Morgan fingerprint density at radius 1 is 1.16 bits per heavy atom. The second-order valence-corrected chi connectivity index (χ2v) is 6.99. The first kappa shape index (κ1) is 20.5. The van der Waals surface area contributed by atoms with E-state index < -0.39 is 5.91 Å². The molecule has 0 bridgehead atoms. The Bertz CT molecular complexity index is 1140. The molecule has 1 fully saturated rings. The molecule has 0 aliphatic carbocycles. The summed E-state index contributed by atoms with van der Waals surface area (Å²) in [4.78, 5) is 44.6. The number of hydrogen-bond acceptors (Lipinski definition) is 8. The summed E-state index contributed by atoms with van der Waals surface area (Å²) in [6.45, 7) is 4.80. The first-order valence-corrected chi connectivity index (χ1v) is 9.71. The van der Waals surface area contributed by atoms with Crippen LogP contribution in [0.15, 0.2) is 41.6 Å². The molecule has 3 heterocycles. The van der Waals surface area contributed by atoms with E-state index in [1.165, 1.54) is 24.7 Å². The topological polar surface area (TPSA) is 128 Å². The van der Waals surface area contributed by atoms with Gasteiger partial charge in [-0.15, -0.1) is 0 Å². The molecule has 31 heavy (non-hydrogen) atoms. The third kappa shape index (κ3) is 4.53. The molecule has 1 aliphatic rings. The summed E-state index contributed by atoms with van der Waals surface area (Å²) in [7, 11) is 0. The quantitative estimate of drug-likeness (QED) is 0.574. The van der Waals surface area contributed by atoms with Gasteiger partial charge in [0.15, 0.2) is 5.75 Å². The lowest BCUT2D eigenvalue weighted by Crippen LogP contribution is -2.29. The van der Waals surface area contributed by atoms with Gasteiger partial charge in [-0.2, -0.15) is 5.48 Å². The van der Waals surface area contributed by atoms with Crippen LogP contribution in [0.4, 0.5) is 0 Å². The average Bonchev–Trinajstić information content (AvgIpc) is 3.28. The third-order valence-electron chi connectivity index (χ3n) is 4.86. The lowest BCUT2D eigenvalue weighted by molar-refractivity contribution is 0.0745. The number of nitrogens with one attached hydrogen (secondary N) is 2. The molecule has 3 aromatic rings. The normalized spacial score (nSPS) is 15.5. The molecule has 1 unspecified atom stereocenters. The fraction of sp³-hybridized carbons (Fsp3) is 0.286. The van der Waals surface area contributed by atoms with E-state index in [2.05, 4.69) is 25.4 Å². The van der Waals surface area contributed by atoms with E-state index >= 15 is 0 Å². The highest BCUT2D eigenvalue weighted by Gasteiger charge is 2.23. The van der Waals surface area contributed by atoms with Gasteiger partial charge in [0.05, 0.1) is 13.2 Å². The standard InChI is InChI=1S/C21H21N5O5/c1-12-15(30-14-5-9-29-11-14)10-16(31-26-21(28)20-22-6-3-7-23-20)13(2)18(12)19-24-8-4-17(27)25-19/h3-4,6-8,10,14H,5,9,11H2,1-2H3,(H,26,28)(H,24,25,27). The predicted molar refractivity (Wildman–Crippen MR) is 110 cm³/mol. The summed E-state index contributed by atoms with van der Waals surface area (Å²) in [5.41, 5.74) is 4.16. The molecule has 1 aliphatic heterocycles. The first-order chi connectivity index (χ1) is 15.0. The maximum absolute atomic E-state index is 12.3. The number of nitrogens with zero attached hydrogens (tertiary/aromatic N) is 3. The monoisotopic (exact) mass is 423 g/mol. The fourth-order valence-corrected chi connectivity index (χ4v) is 3.29. The molecule has 160 valence electrons. The molecule has 10 heteroatoms. The number of ether oxygens (including phenoxy) is 2. The first-order valence-electron chi connectivity index (χ1n) is 9.71. The summed E-state index contributed by atoms with van der Waals surface area (Å²) >= 11 is 0. The highest BCUT2D eigenvalue weighted by Crippen LogP contribution is 2.38. The Hall–Kier alpha value is -3.79. The highest BCUT2D eigenvalue weighted by molar-refractivity contribution is 5.89. The van der Waals surface area contributed by atoms with Gasteiger partial charge in [-0.1, -0.05) is 0 Å². The van der Waals surface area contributed by atoms with E-state index in [-0.39, 0.29) is 17.5 Å². The molecule has 2 aromatic heterocycles. The van der Waals surface area contributed by atoms with Crippen LogP contribution < -0.4 is 20.6 Å². The third-order valence-corrected chi connectivity index (χ3v) is 4.86. The van der Waals surface area contributed by atoms with Crippen molar-refractivity contribution in [1.29, 1.82) is 0 Å². The maximum atomic E-state index is 12.3. The lowest BCUT2D eigenvalue weighted by atomic mass is 10.00. The van der Waals surface area contributed by atoms with Crippen LogP contribution in [0.2, 0.25) is 0 Å². The van der Waals surface area contributed by atoms with Crippen molar-refractivity contribution in [3.05, 3.63) is 64.1 Å². The van der Waals surface area contributed by atoms with Gasteiger partial charge >= 0.3 is 5.91 Å². The van der Waals surface area contributed by atoms with Crippen LogP contribution in [0, 0.1) is 13.8 Å². The molecule has 1 amide bonds. The van der Waals surface area contributed by atoms with Crippen LogP contribution in [0.1, 0.15) is 28.2 Å². The number of carbonyl (C=O) groups excluding carboxylic acids is 1. The number of hydroxylamine groups is 1. The largest absolute Gasteiger partial charge is 0.487 e. The van der Waals surface area contributed by atoms with Crippen molar-refractivity contribution in [3.8, 4) is 22.9 Å². The molecule has 0 radical (unpaired) electrons. The van der Waals surface area contributed by atoms with Crippen LogP contribution in [-0.2, 0) is 4.74 Å². The van der Waals surface area contributed by atoms with Crippen LogP contribution in [0.5, 0.6) is 11.5 Å². The predicted octanol–water partition coefficient (Wildman–Crippen LogP) is 1.74. The number of aromatic amines is 1. The van der Waals surface area contributed by atoms with Crippen LogP contribution in [0.25, 0.3) is 11.4 Å². The number of hydrogen-bond donors (Lipinski definition) is 2. The van der Waals surface area contributed by atoms with Gasteiger partial charge in [-0.25, -0.2) is 15.0 Å². The zero-order valence-electron chi connectivity index (χ0n) is 17.0. The van der Waals surface area contributed by atoms with E-state index in [1.807, 2.05) is 6.92 Å². The minimum atomic E-state index is -0.597. The van der Waals surface area contributed by atoms with Crippen molar-refractivity contribution >= 4 is 5.91 Å². The molecule has 10 nitrogen and oxygen atoms in total. The fourth-order valence-electron chi connectivity index (χ4n) is 3.29.